The first-order valence-electron chi connectivity index (χ1n) is 5.46. The second-order valence-electron chi connectivity index (χ2n) is 3.74. The molecule has 17 heavy (non-hydrogen) atoms. The maximum Gasteiger partial charge on any atom is 0.175 e. The largest absolute Gasteiger partial charge is 0.426 e. The average Bonchev–Trinajstić information content (AvgIpc) is 2.31. The molecule has 98 valence electrons. The van der Waals surface area contributed by atoms with Gasteiger partial charge in [-0.25, -0.2) is 4.98 Å². The SMILES string of the molecule is CC.COC(C)(C)c1cc(C)nc(Br)c1OS. The van der Waals surface area contributed by atoms with Gasteiger partial charge in [-0.05, 0) is 42.8 Å². The highest BCUT2D eigenvalue weighted by atomic mass is 79.9. The van der Waals surface area contributed by atoms with Gasteiger partial charge in [-0.2, -0.15) is 0 Å². The van der Waals surface area contributed by atoms with Crippen LogP contribution in [0.15, 0.2) is 10.7 Å². The van der Waals surface area contributed by atoms with Crippen molar-refractivity contribution < 1.29 is 8.92 Å². The zero-order chi connectivity index (χ0) is 13.6. The zero-order valence-corrected chi connectivity index (χ0v) is 13.6. The average molecular weight is 322 g/mol. The number of aromatic nitrogens is 1. The molecule has 0 unspecified atom stereocenters. The molecule has 1 heterocycles. The van der Waals surface area contributed by atoms with Crippen molar-refractivity contribution in [3.8, 4) is 5.75 Å². The second kappa shape index (κ2) is 7.24. The van der Waals surface area contributed by atoms with Gasteiger partial charge in [0.15, 0.2) is 5.75 Å². The maximum atomic E-state index is 5.41. The van der Waals surface area contributed by atoms with Gasteiger partial charge in [0.05, 0.1) is 5.60 Å². The number of ether oxygens (including phenoxy) is 1. The van der Waals surface area contributed by atoms with Gasteiger partial charge in [0.2, 0.25) is 0 Å². The van der Waals surface area contributed by atoms with E-state index in [1.807, 2.05) is 40.7 Å². The molecule has 0 bridgehead atoms. The molecule has 0 aliphatic heterocycles. The Morgan fingerprint density at radius 3 is 2.29 bits per heavy atom. The second-order valence-corrected chi connectivity index (χ2v) is 4.67. The van der Waals surface area contributed by atoms with Crippen LogP contribution in [0.5, 0.6) is 5.75 Å². The molecule has 0 radical (unpaired) electrons. The van der Waals surface area contributed by atoms with Crippen LogP contribution in [-0.4, -0.2) is 12.1 Å². The van der Waals surface area contributed by atoms with Gasteiger partial charge in [-0.1, -0.05) is 13.8 Å². The van der Waals surface area contributed by atoms with Crippen LogP contribution in [0, 0.1) is 6.92 Å². The highest BCUT2D eigenvalue weighted by molar-refractivity contribution is 9.10. The van der Waals surface area contributed by atoms with E-state index in [0.717, 1.165) is 11.3 Å². The van der Waals surface area contributed by atoms with Crippen molar-refractivity contribution in [1.29, 1.82) is 0 Å². The summed E-state index contributed by atoms with van der Waals surface area (Å²) in [5.74, 6) is 0.593. The van der Waals surface area contributed by atoms with Crippen molar-refractivity contribution in [3.05, 3.63) is 21.9 Å². The van der Waals surface area contributed by atoms with Gasteiger partial charge in [0, 0.05) is 31.3 Å². The lowest BCUT2D eigenvalue weighted by molar-refractivity contribution is 0.0179. The van der Waals surface area contributed by atoms with Crippen LogP contribution in [-0.2, 0) is 10.3 Å². The fraction of sp³-hybridized carbons (Fsp3) is 0.583. The van der Waals surface area contributed by atoms with Gasteiger partial charge in [-0.3, -0.25) is 0 Å². The highest BCUT2D eigenvalue weighted by Crippen LogP contribution is 2.37. The predicted molar refractivity (Wildman–Crippen MR) is 77.7 cm³/mol. The van der Waals surface area contributed by atoms with E-state index in [4.69, 9.17) is 8.92 Å². The van der Waals surface area contributed by atoms with Crippen molar-refractivity contribution in [1.82, 2.24) is 4.98 Å². The Kier molecular flexibility index (Phi) is 7.13. The summed E-state index contributed by atoms with van der Waals surface area (Å²) in [7, 11) is 1.66. The third kappa shape index (κ3) is 4.16. The molecule has 0 amide bonds. The van der Waals surface area contributed by atoms with E-state index >= 15 is 0 Å². The number of rotatable bonds is 3. The first kappa shape index (κ1) is 16.7. The van der Waals surface area contributed by atoms with Crippen molar-refractivity contribution in [2.24, 2.45) is 0 Å². The van der Waals surface area contributed by atoms with Crippen molar-refractivity contribution in [3.63, 3.8) is 0 Å². The van der Waals surface area contributed by atoms with Crippen molar-refractivity contribution >= 4 is 28.8 Å². The minimum Gasteiger partial charge on any atom is -0.426 e. The van der Waals surface area contributed by atoms with Crippen LogP contribution >= 0.6 is 28.8 Å². The Labute approximate surface area is 118 Å². The third-order valence-corrected chi connectivity index (χ3v) is 3.03. The lowest BCUT2D eigenvalue weighted by atomic mass is 9.97. The lowest BCUT2D eigenvalue weighted by Crippen LogP contribution is -2.20. The first-order valence-corrected chi connectivity index (χ1v) is 6.62. The third-order valence-electron chi connectivity index (χ3n) is 2.31. The van der Waals surface area contributed by atoms with Crippen molar-refractivity contribution in [2.45, 2.75) is 40.2 Å². The molecule has 0 saturated carbocycles. The fourth-order valence-electron chi connectivity index (χ4n) is 1.27. The molecule has 0 fully saturated rings. The molecule has 0 aliphatic carbocycles. The van der Waals surface area contributed by atoms with Gasteiger partial charge in [0.1, 0.15) is 4.60 Å². The van der Waals surface area contributed by atoms with Gasteiger partial charge in [0.25, 0.3) is 0 Å². The van der Waals surface area contributed by atoms with E-state index in [9.17, 15) is 0 Å². The maximum absolute atomic E-state index is 5.41. The summed E-state index contributed by atoms with van der Waals surface area (Å²) in [4.78, 5) is 4.24. The molecule has 0 saturated heterocycles. The van der Waals surface area contributed by atoms with Gasteiger partial charge < -0.3 is 8.92 Å². The molecule has 0 aliphatic rings. The molecule has 0 N–H and O–H groups in total. The molecule has 1 aromatic rings. The number of methoxy groups -OCH3 is 1. The van der Waals surface area contributed by atoms with E-state index in [1.54, 1.807) is 7.11 Å². The molecule has 0 spiro atoms. The summed E-state index contributed by atoms with van der Waals surface area (Å²) in [6, 6.07) is 1.93. The molecule has 3 nitrogen and oxygen atoms in total. The summed E-state index contributed by atoms with van der Waals surface area (Å²) < 4.78 is 11.1. The van der Waals surface area contributed by atoms with Gasteiger partial charge in [-0.15, -0.1) is 0 Å². The summed E-state index contributed by atoms with van der Waals surface area (Å²) in [5, 5.41) is 0. The zero-order valence-electron chi connectivity index (χ0n) is 11.2. The van der Waals surface area contributed by atoms with Crippen LogP contribution in [0.25, 0.3) is 0 Å². The normalized spacial score (nSPS) is 10.6. The van der Waals surface area contributed by atoms with E-state index in [1.165, 1.54) is 0 Å². The Hall–Kier alpha value is -0.260. The Morgan fingerprint density at radius 2 is 1.88 bits per heavy atom. The molecule has 5 heteroatoms. The number of hydrogen-bond donors (Lipinski definition) is 1. The number of hydrogen-bond acceptors (Lipinski definition) is 4. The fourth-order valence-corrected chi connectivity index (χ4v) is 2.15. The summed E-state index contributed by atoms with van der Waals surface area (Å²) in [6.07, 6.45) is 0. The van der Waals surface area contributed by atoms with Crippen LogP contribution in [0.3, 0.4) is 0 Å². The quantitative estimate of drug-likeness (QED) is 0.512. The summed E-state index contributed by atoms with van der Waals surface area (Å²) >= 11 is 7.17. The van der Waals surface area contributed by atoms with E-state index in [2.05, 4.69) is 33.8 Å². The minimum atomic E-state index is -0.436. The molecule has 1 rings (SSSR count). The molecule has 0 atom stereocenters. The molecule has 0 aromatic carbocycles. The van der Waals surface area contributed by atoms with E-state index in [0.29, 0.717) is 10.4 Å². The predicted octanol–water partition coefficient (Wildman–Crippen LogP) is 4.28. The first-order chi connectivity index (χ1) is 7.92. The number of nitrogens with zero attached hydrogens (tertiary/aromatic N) is 1. The van der Waals surface area contributed by atoms with E-state index in [-0.39, 0.29) is 0 Å². The summed E-state index contributed by atoms with van der Waals surface area (Å²) in [5.41, 5.74) is 1.38. The monoisotopic (exact) mass is 321 g/mol. The van der Waals surface area contributed by atoms with Crippen LogP contribution in [0.2, 0.25) is 0 Å². The molecule has 1 aromatic heterocycles. The molecular formula is C12H20BrNO2S. The summed E-state index contributed by atoms with van der Waals surface area (Å²) in [6.45, 7) is 9.84. The van der Waals surface area contributed by atoms with Crippen LogP contribution < -0.4 is 4.18 Å². The van der Waals surface area contributed by atoms with E-state index < -0.39 is 5.60 Å². The standard InChI is InChI=1S/C10H14BrNO2S.C2H6/c1-6-5-7(10(2,3)13-4)8(14-15)9(11)12-6;1-2/h5,15H,1-4H3;1-2H3. The number of pyridine rings is 1. The lowest BCUT2D eigenvalue weighted by Gasteiger charge is -2.25. The number of thiol groups is 1. The topological polar surface area (TPSA) is 31.4 Å². The van der Waals surface area contributed by atoms with Crippen LogP contribution in [0.1, 0.15) is 39.0 Å². The minimum absolute atomic E-state index is 0.436. The van der Waals surface area contributed by atoms with Crippen LogP contribution in [0.4, 0.5) is 0 Å². The van der Waals surface area contributed by atoms with Crippen molar-refractivity contribution in [2.75, 3.05) is 7.11 Å². The smallest absolute Gasteiger partial charge is 0.175 e. The Bertz CT molecular complexity index is 370. The van der Waals surface area contributed by atoms with Gasteiger partial charge >= 0.3 is 0 Å². The highest BCUT2D eigenvalue weighted by Gasteiger charge is 2.26. The molecular weight excluding hydrogens is 302 g/mol. The Balaban J connectivity index is 0.00000121. The number of halogens is 1. The number of aryl methyl sites for hydroxylation is 1. The Morgan fingerprint density at radius 1 is 1.35 bits per heavy atom.